The summed E-state index contributed by atoms with van der Waals surface area (Å²) >= 11 is 0. The van der Waals surface area contributed by atoms with Crippen molar-refractivity contribution >= 4 is 17.9 Å². The van der Waals surface area contributed by atoms with E-state index in [1.165, 1.54) is 5.56 Å². The first-order valence-electron chi connectivity index (χ1n) is 21.6. The smallest absolute Gasteiger partial charge is 0.338 e. The Bertz CT molecular complexity index is 2200. The first-order chi connectivity index (χ1) is 29.4. The van der Waals surface area contributed by atoms with Crippen LogP contribution in [0.15, 0.2) is 119 Å². The highest BCUT2D eigenvalue weighted by Crippen LogP contribution is 2.37. The van der Waals surface area contributed by atoms with Gasteiger partial charge in [0.05, 0.1) is 44.8 Å². The minimum absolute atomic E-state index is 0.251. The summed E-state index contributed by atoms with van der Waals surface area (Å²) in [6.07, 6.45) is 9.80. The van der Waals surface area contributed by atoms with Crippen molar-refractivity contribution in [2.45, 2.75) is 78.7 Å². The number of hydrogen-bond acceptors (Lipinski definition) is 8. The first-order valence-corrected chi connectivity index (χ1v) is 21.6. The van der Waals surface area contributed by atoms with E-state index in [4.69, 9.17) is 28.8 Å². The van der Waals surface area contributed by atoms with E-state index in [0.717, 1.165) is 127 Å². The van der Waals surface area contributed by atoms with E-state index in [0.29, 0.717) is 30.9 Å². The number of rotatable bonds is 22. The molecule has 1 fully saturated rings. The van der Waals surface area contributed by atoms with Crippen LogP contribution in [0.5, 0.6) is 11.5 Å². The van der Waals surface area contributed by atoms with Gasteiger partial charge in [-0.25, -0.2) is 4.79 Å². The Morgan fingerprint density at radius 2 is 1.37 bits per heavy atom. The van der Waals surface area contributed by atoms with E-state index in [1.54, 1.807) is 6.21 Å². The van der Waals surface area contributed by atoms with Crippen LogP contribution in [-0.4, -0.2) is 57.5 Å². The Hall–Kier alpha value is -5.57. The predicted molar refractivity (Wildman–Crippen MR) is 240 cm³/mol. The molecule has 8 nitrogen and oxygen atoms in total. The van der Waals surface area contributed by atoms with Crippen LogP contribution in [0.4, 0.5) is 0 Å². The van der Waals surface area contributed by atoms with E-state index < -0.39 is 0 Å². The largest absolute Gasteiger partial charge is 0.493 e. The van der Waals surface area contributed by atoms with Gasteiger partial charge in [-0.05, 0) is 109 Å². The molecule has 0 atom stereocenters. The van der Waals surface area contributed by atoms with Crippen molar-refractivity contribution in [1.29, 1.82) is 0 Å². The van der Waals surface area contributed by atoms with Crippen molar-refractivity contribution in [1.82, 2.24) is 0 Å². The molecule has 1 aliphatic heterocycles. The van der Waals surface area contributed by atoms with Gasteiger partial charge in [0.1, 0.15) is 23.8 Å². The zero-order valence-electron chi connectivity index (χ0n) is 35.4. The fraction of sp³-hybridized carbons (Fsp3) is 0.365. The number of ether oxygens (including phenoxy) is 5. The highest BCUT2D eigenvalue weighted by Gasteiger charge is 2.36. The molecule has 7 rings (SSSR count). The molecule has 312 valence electrons. The van der Waals surface area contributed by atoms with Crippen LogP contribution in [0.1, 0.15) is 102 Å². The second-order valence-corrected chi connectivity index (χ2v) is 16.0. The number of esters is 1. The van der Waals surface area contributed by atoms with Crippen LogP contribution >= 0.6 is 0 Å². The zero-order chi connectivity index (χ0) is 41.6. The van der Waals surface area contributed by atoms with Crippen LogP contribution in [0, 0.1) is 12.3 Å². The van der Waals surface area contributed by atoms with Gasteiger partial charge in [-0.1, -0.05) is 99.5 Å². The number of benzene rings is 5. The molecule has 0 radical (unpaired) electrons. The molecule has 60 heavy (non-hydrogen) atoms. The van der Waals surface area contributed by atoms with Crippen LogP contribution in [0.25, 0.3) is 11.1 Å². The van der Waals surface area contributed by atoms with Crippen molar-refractivity contribution in [2.24, 2.45) is 15.6 Å². The van der Waals surface area contributed by atoms with E-state index in [-0.39, 0.29) is 18.0 Å². The van der Waals surface area contributed by atoms with Crippen LogP contribution in [0.3, 0.4) is 0 Å². The Balaban J connectivity index is 0.958. The lowest BCUT2D eigenvalue weighted by atomic mass is 9.84. The number of carbonyl (C=O) groups is 1. The van der Waals surface area contributed by atoms with E-state index in [1.807, 2.05) is 60.7 Å². The number of unbranched alkanes of at least 4 members (excludes halogenated alkanes) is 3. The highest BCUT2D eigenvalue weighted by molar-refractivity contribution is 6.24. The lowest BCUT2D eigenvalue weighted by Gasteiger charge is -2.40. The summed E-state index contributed by atoms with van der Waals surface area (Å²) in [5.41, 5.74) is 11.2. The van der Waals surface area contributed by atoms with Gasteiger partial charge in [0, 0.05) is 35.1 Å². The minimum atomic E-state index is -0.323. The molecule has 1 saturated heterocycles. The Morgan fingerprint density at radius 1 is 0.700 bits per heavy atom. The molecule has 1 aliphatic carbocycles. The van der Waals surface area contributed by atoms with Gasteiger partial charge in [0.25, 0.3) is 0 Å². The van der Waals surface area contributed by atoms with Crippen molar-refractivity contribution in [3.8, 4) is 22.6 Å². The fourth-order valence-corrected chi connectivity index (χ4v) is 7.71. The van der Waals surface area contributed by atoms with Gasteiger partial charge >= 0.3 is 5.97 Å². The fourth-order valence-electron chi connectivity index (χ4n) is 7.71. The lowest BCUT2D eigenvalue weighted by Crippen LogP contribution is -2.45. The van der Waals surface area contributed by atoms with Crippen molar-refractivity contribution in [3.05, 3.63) is 154 Å². The third-order valence-electron chi connectivity index (χ3n) is 11.5. The summed E-state index contributed by atoms with van der Waals surface area (Å²) < 4.78 is 29.6. The average Bonchev–Trinajstić information content (AvgIpc) is 3.57. The van der Waals surface area contributed by atoms with E-state index >= 15 is 0 Å². The topological polar surface area (TPSA) is 87.9 Å². The third-order valence-corrected chi connectivity index (χ3v) is 11.5. The highest BCUT2D eigenvalue weighted by atomic mass is 16.5. The SMILES string of the molecule is CCCc1ccc(C(=O)OCCc2ccc(OCc3ccc(OCCCCCCOCC4(CC)COC4)c(C)c3)c(/C=N/N=C3c4ccccc4-c4ccccc43)c2)cc1. The zero-order valence-corrected chi connectivity index (χ0v) is 35.4. The summed E-state index contributed by atoms with van der Waals surface area (Å²) in [7, 11) is 0. The molecule has 5 aromatic carbocycles. The molecule has 2 aliphatic rings. The second kappa shape index (κ2) is 21.1. The summed E-state index contributed by atoms with van der Waals surface area (Å²) in [6.45, 7) is 11.0. The summed E-state index contributed by atoms with van der Waals surface area (Å²) in [5.74, 6) is 1.26. The summed E-state index contributed by atoms with van der Waals surface area (Å²) in [6, 6.07) is 36.5. The van der Waals surface area contributed by atoms with Crippen LogP contribution in [0.2, 0.25) is 0 Å². The van der Waals surface area contributed by atoms with Gasteiger partial charge in [-0.15, -0.1) is 5.10 Å². The van der Waals surface area contributed by atoms with Crippen molar-refractivity contribution < 1.29 is 28.5 Å². The molecule has 5 aromatic rings. The molecule has 0 aromatic heterocycles. The molecule has 0 unspecified atom stereocenters. The maximum atomic E-state index is 12.8. The molecule has 0 bridgehead atoms. The Morgan fingerprint density at radius 3 is 2.03 bits per heavy atom. The van der Waals surface area contributed by atoms with Gasteiger partial charge in [-0.2, -0.15) is 5.10 Å². The number of aryl methyl sites for hydroxylation is 2. The Labute approximate surface area is 355 Å². The molecule has 0 saturated carbocycles. The monoisotopic (exact) mass is 806 g/mol. The maximum Gasteiger partial charge on any atom is 0.338 e. The number of hydrogen-bond donors (Lipinski definition) is 0. The van der Waals surface area contributed by atoms with E-state index in [2.05, 4.69) is 74.4 Å². The summed E-state index contributed by atoms with van der Waals surface area (Å²) in [4.78, 5) is 12.8. The molecule has 0 spiro atoms. The minimum Gasteiger partial charge on any atom is -0.493 e. The van der Waals surface area contributed by atoms with Gasteiger partial charge in [-0.3, -0.25) is 0 Å². The molecular weight excluding hydrogens is 749 g/mol. The number of fused-ring (bicyclic) bond motifs is 3. The average molecular weight is 807 g/mol. The predicted octanol–water partition coefficient (Wildman–Crippen LogP) is 11.2. The van der Waals surface area contributed by atoms with E-state index in [9.17, 15) is 4.79 Å². The molecule has 8 heteroatoms. The van der Waals surface area contributed by atoms with Gasteiger partial charge in [0.15, 0.2) is 0 Å². The van der Waals surface area contributed by atoms with Crippen LogP contribution in [-0.2, 0) is 33.7 Å². The normalized spacial score (nSPS) is 13.8. The Kier molecular flexibility index (Phi) is 15.0. The molecular formula is C52H58N2O6. The lowest BCUT2D eigenvalue weighted by molar-refractivity contribution is -0.150. The molecule has 0 N–H and O–H groups in total. The van der Waals surface area contributed by atoms with Crippen LogP contribution < -0.4 is 9.47 Å². The summed E-state index contributed by atoms with van der Waals surface area (Å²) in [5, 5.41) is 9.37. The molecule has 1 heterocycles. The van der Waals surface area contributed by atoms with Crippen molar-refractivity contribution in [2.75, 3.05) is 39.6 Å². The molecule has 0 amide bonds. The first kappa shape index (κ1) is 42.6. The standard InChI is InChI=1S/C52H58N2O6/c1-4-14-39-19-23-42(24-20-39)51(55)59-30-27-40-21-26-49(43(32-40)33-53-54-50-46-17-10-8-15-44(46)45-16-9-11-18-47(45)50)60-34-41-22-25-48(38(3)31-41)58-29-13-7-6-12-28-56-35-52(5-2)36-57-37-52/h8-11,15-26,31-33H,4-7,12-14,27-30,34-37H2,1-3H3/b53-33+. The number of nitrogens with zero attached hydrogens (tertiary/aromatic N) is 2. The third kappa shape index (κ3) is 11.0. The van der Waals surface area contributed by atoms with Gasteiger partial charge < -0.3 is 23.7 Å². The quantitative estimate of drug-likeness (QED) is 0.0294. The maximum absolute atomic E-state index is 12.8. The number of carbonyl (C=O) groups excluding carboxylic acids is 1. The van der Waals surface area contributed by atoms with Crippen molar-refractivity contribution in [3.63, 3.8) is 0 Å². The second-order valence-electron chi connectivity index (χ2n) is 16.0. The van der Waals surface area contributed by atoms with Gasteiger partial charge in [0.2, 0.25) is 0 Å².